The van der Waals surface area contributed by atoms with E-state index in [1.165, 1.54) is 77.0 Å². The van der Waals surface area contributed by atoms with Crippen LogP contribution in [0.3, 0.4) is 0 Å². The first kappa shape index (κ1) is 33.8. The summed E-state index contributed by atoms with van der Waals surface area (Å²) in [4.78, 5) is 13.0. The van der Waals surface area contributed by atoms with Crippen LogP contribution in [0.5, 0.6) is 0 Å². The molecule has 3 rings (SSSR count). The largest absolute Gasteiger partial charge is 0.462 e. The van der Waals surface area contributed by atoms with Crippen LogP contribution in [0.2, 0.25) is 0 Å². The molecule has 3 aromatic rings. The molecule has 0 N–H and O–H groups in total. The lowest BCUT2D eigenvalue weighted by Gasteiger charge is -2.10. The average Bonchev–Trinajstić information content (AvgIpc) is 3.05. The van der Waals surface area contributed by atoms with E-state index in [4.69, 9.17) is 4.74 Å². The van der Waals surface area contributed by atoms with Gasteiger partial charge in [-0.2, -0.15) is 21.0 Å². The molecule has 0 unspecified atom stereocenters. The lowest BCUT2D eigenvalue weighted by atomic mass is 9.92. The summed E-state index contributed by atoms with van der Waals surface area (Å²) in [7, 11) is 0. The van der Waals surface area contributed by atoms with Crippen LogP contribution in [0.4, 0.5) is 0 Å². The van der Waals surface area contributed by atoms with Gasteiger partial charge in [0.1, 0.15) is 35.4 Å². The molecule has 0 bridgehead atoms. The van der Waals surface area contributed by atoms with Gasteiger partial charge in [0, 0.05) is 10.4 Å². The van der Waals surface area contributed by atoms with Crippen LogP contribution in [-0.2, 0) is 4.74 Å². The van der Waals surface area contributed by atoms with Gasteiger partial charge in [-0.25, -0.2) is 4.79 Å². The molecule has 0 saturated carbocycles. The maximum absolute atomic E-state index is 13.0. The Bertz CT molecular complexity index is 1700. The molecule has 0 spiro atoms. The lowest BCUT2D eigenvalue weighted by molar-refractivity contribution is 0.0498. The van der Waals surface area contributed by atoms with E-state index in [0.29, 0.717) is 38.6 Å². The molecule has 6 heteroatoms. The molecule has 3 aromatic carbocycles. The molecular weight excluding hydrogens is 544 g/mol. The molecule has 0 saturated heterocycles. The van der Waals surface area contributed by atoms with Crippen molar-refractivity contribution < 1.29 is 9.53 Å². The van der Waals surface area contributed by atoms with E-state index in [1.807, 2.05) is 24.3 Å². The fourth-order valence-electron chi connectivity index (χ4n) is 5.84. The Hall–Kier alpha value is -4.65. The maximum atomic E-state index is 13.0. The Morgan fingerprint density at radius 2 is 0.977 bits per heavy atom. The first-order chi connectivity index (χ1) is 21.6. The summed E-state index contributed by atoms with van der Waals surface area (Å²) in [6.45, 7) is 2.58. The van der Waals surface area contributed by atoms with Crippen molar-refractivity contribution in [2.24, 2.45) is 0 Å². The number of unbranched alkanes of at least 4 members (excludes halogenated alkanes) is 14. The zero-order valence-corrected chi connectivity index (χ0v) is 26.0. The van der Waals surface area contributed by atoms with Crippen molar-refractivity contribution in [3.8, 4) is 24.3 Å². The molecule has 0 aromatic heterocycles. The molecule has 6 nitrogen and oxygen atoms in total. The summed E-state index contributed by atoms with van der Waals surface area (Å²) in [5, 5.41) is 41.7. The van der Waals surface area contributed by atoms with E-state index < -0.39 is 5.97 Å². The van der Waals surface area contributed by atoms with Crippen molar-refractivity contribution in [3.05, 3.63) is 58.5 Å². The Morgan fingerprint density at radius 3 is 1.43 bits per heavy atom. The SMILES string of the molecule is CCCCCCCCCCCCCCCCCOC(=O)c1ccc2c(=C(C#N)C#N)c3ccccc3c(=C(C#N)C#N)c2c1. The number of hydrogen-bond donors (Lipinski definition) is 0. The van der Waals surface area contributed by atoms with Crippen molar-refractivity contribution in [2.45, 2.75) is 103 Å². The summed E-state index contributed by atoms with van der Waals surface area (Å²) < 4.78 is 5.57. The normalized spacial score (nSPS) is 10.5. The van der Waals surface area contributed by atoms with Crippen LogP contribution in [0, 0.1) is 45.3 Å². The number of fused-ring (bicyclic) bond motifs is 2. The van der Waals surface area contributed by atoms with Crippen LogP contribution in [0.25, 0.3) is 32.7 Å². The number of carbonyl (C=O) groups is 1. The van der Waals surface area contributed by atoms with E-state index in [2.05, 4.69) is 6.92 Å². The van der Waals surface area contributed by atoms with Crippen molar-refractivity contribution in [3.63, 3.8) is 0 Å². The number of ether oxygens (including phenoxy) is 1. The highest BCUT2D eigenvalue weighted by Crippen LogP contribution is 2.19. The highest BCUT2D eigenvalue weighted by molar-refractivity contribution is 6.07. The van der Waals surface area contributed by atoms with Crippen molar-refractivity contribution in [1.29, 1.82) is 21.0 Å². The molecule has 0 atom stereocenters. The Kier molecular flexibility index (Phi) is 14.5. The lowest BCUT2D eigenvalue weighted by Crippen LogP contribution is -2.19. The fourth-order valence-corrected chi connectivity index (χ4v) is 5.84. The molecule has 0 radical (unpaired) electrons. The van der Waals surface area contributed by atoms with E-state index in [0.717, 1.165) is 19.3 Å². The minimum absolute atomic E-state index is 0.0864. The minimum atomic E-state index is -0.488. The van der Waals surface area contributed by atoms with E-state index in [1.54, 1.807) is 42.5 Å². The second-order valence-electron chi connectivity index (χ2n) is 11.3. The van der Waals surface area contributed by atoms with Gasteiger partial charge in [-0.05, 0) is 40.1 Å². The molecule has 0 aliphatic heterocycles. The number of rotatable bonds is 17. The number of hydrogen-bond acceptors (Lipinski definition) is 6. The van der Waals surface area contributed by atoms with Crippen molar-refractivity contribution in [2.75, 3.05) is 6.61 Å². The zero-order valence-electron chi connectivity index (χ0n) is 26.0. The summed E-state index contributed by atoms with van der Waals surface area (Å²) in [5.74, 6) is -0.488. The molecule has 0 aliphatic carbocycles. The predicted molar refractivity (Wildman–Crippen MR) is 175 cm³/mol. The molecular formula is C38H42N4O2. The predicted octanol–water partition coefficient (Wildman–Crippen LogP) is 8.42. The monoisotopic (exact) mass is 586 g/mol. The van der Waals surface area contributed by atoms with Gasteiger partial charge >= 0.3 is 5.97 Å². The first-order valence-corrected chi connectivity index (χ1v) is 16.1. The van der Waals surface area contributed by atoms with E-state index in [9.17, 15) is 25.8 Å². The number of nitriles is 4. The summed E-state index contributed by atoms with van der Waals surface area (Å²) in [6.07, 6.45) is 18.9. The number of nitrogens with zero attached hydrogens (tertiary/aromatic N) is 4. The summed E-state index contributed by atoms with van der Waals surface area (Å²) in [5.41, 5.74) is 0.0832. The first-order valence-electron chi connectivity index (χ1n) is 16.1. The second kappa shape index (κ2) is 18.8. The van der Waals surface area contributed by atoms with Gasteiger partial charge in [-0.3, -0.25) is 0 Å². The Morgan fingerprint density at radius 1 is 0.568 bits per heavy atom. The van der Waals surface area contributed by atoms with Crippen LogP contribution in [-0.4, -0.2) is 12.6 Å². The third-order valence-electron chi connectivity index (χ3n) is 8.19. The zero-order chi connectivity index (χ0) is 31.6. The van der Waals surface area contributed by atoms with Gasteiger partial charge in [0.2, 0.25) is 0 Å². The third kappa shape index (κ3) is 9.17. The van der Waals surface area contributed by atoms with Gasteiger partial charge < -0.3 is 4.74 Å². The van der Waals surface area contributed by atoms with Crippen LogP contribution >= 0.6 is 0 Å². The standard InChI is InChI=1S/C38H42N4O2/c1-2-3-4-5-6-7-8-9-10-11-12-13-14-15-18-23-44-38(43)29-21-22-34-35(24-29)37(31(27-41)28-42)33-20-17-16-19-32(33)36(34)30(25-39)26-40/h16-17,19-22,24H,2-15,18,23H2,1H3. The molecule has 44 heavy (non-hydrogen) atoms. The summed E-state index contributed by atoms with van der Waals surface area (Å²) >= 11 is 0. The van der Waals surface area contributed by atoms with E-state index >= 15 is 0 Å². The smallest absolute Gasteiger partial charge is 0.338 e. The summed E-state index contributed by atoms with van der Waals surface area (Å²) in [6, 6.07) is 19.8. The minimum Gasteiger partial charge on any atom is -0.462 e. The highest BCUT2D eigenvalue weighted by Gasteiger charge is 2.15. The average molecular weight is 587 g/mol. The van der Waals surface area contributed by atoms with Gasteiger partial charge in [-0.15, -0.1) is 0 Å². The van der Waals surface area contributed by atoms with Crippen molar-refractivity contribution >= 4 is 38.7 Å². The Labute approximate surface area is 261 Å². The van der Waals surface area contributed by atoms with Gasteiger partial charge in [0.25, 0.3) is 0 Å². The number of benzene rings is 3. The Balaban J connectivity index is 1.59. The topological polar surface area (TPSA) is 121 Å². The number of esters is 1. The van der Waals surface area contributed by atoms with Crippen LogP contribution < -0.4 is 10.4 Å². The molecule has 226 valence electrons. The number of carbonyl (C=O) groups excluding carboxylic acids is 1. The highest BCUT2D eigenvalue weighted by atomic mass is 16.5. The molecule has 0 heterocycles. The van der Waals surface area contributed by atoms with Crippen LogP contribution in [0.1, 0.15) is 114 Å². The maximum Gasteiger partial charge on any atom is 0.338 e. The van der Waals surface area contributed by atoms with Crippen LogP contribution in [0.15, 0.2) is 42.5 Å². The molecule has 0 aliphatic rings. The third-order valence-corrected chi connectivity index (χ3v) is 8.19. The van der Waals surface area contributed by atoms with Crippen molar-refractivity contribution in [1.82, 2.24) is 0 Å². The quantitative estimate of drug-likeness (QED) is 0.0889. The fraction of sp³-hybridized carbons (Fsp3) is 0.447. The molecule has 0 amide bonds. The molecule has 0 fully saturated rings. The van der Waals surface area contributed by atoms with Gasteiger partial charge in [0.05, 0.1) is 12.2 Å². The van der Waals surface area contributed by atoms with Gasteiger partial charge in [-0.1, -0.05) is 127 Å². The van der Waals surface area contributed by atoms with E-state index in [-0.39, 0.29) is 16.7 Å². The second-order valence-corrected chi connectivity index (χ2v) is 11.3. The van der Waals surface area contributed by atoms with Gasteiger partial charge in [0.15, 0.2) is 0 Å².